The van der Waals surface area contributed by atoms with Gasteiger partial charge in [-0.15, -0.1) is 0 Å². The maximum Gasteiger partial charge on any atom is 0.146 e. The number of rotatable bonds is 3. The van der Waals surface area contributed by atoms with Crippen LogP contribution < -0.4 is 14.8 Å². The molecule has 0 heterocycles. The van der Waals surface area contributed by atoms with Crippen LogP contribution in [-0.4, -0.2) is 21.3 Å². The molecule has 0 saturated carbocycles. The fraction of sp³-hybridized carbons (Fsp3) is 0.400. The summed E-state index contributed by atoms with van der Waals surface area (Å²) >= 11 is 0. The van der Waals surface area contributed by atoms with E-state index in [-0.39, 0.29) is 0 Å². The first-order chi connectivity index (χ1) is 6.22. The third-order valence-electron chi connectivity index (χ3n) is 1.90. The summed E-state index contributed by atoms with van der Waals surface area (Å²) < 4.78 is 10.4. The highest BCUT2D eigenvalue weighted by Crippen LogP contribution is 2.35. The van der Waals surface area contributed by atoms with Gasteiger partial charge >= 0.3 is 0 Å². The smallest absolute Gasteiger partial charge is 0.146 e. The van der Waals surface area contributed by atoms with Crippen LogP contribution in [0.2, 0.25) is 0 Å². The van der Waals surface area contributed by atoms with Gasteiger partial charge in [0, 0.05) is 7.05 Å². The SMILES string of the molecule is CNc1c(OC)cc(C)cc1OC. The first kappa shape index (κ1) is 9.71. The topological polar surface area (TPSA) is 30.5 Å². The summed E-state index contributed by atoms with van der Waals surface area (Å²) in [5.74, 6) is 1.61. The second-order valence-electron chi connectivity index (χ2n) is 2.79. The standard InChI is InChI=1S/C10H15NO2/c1-7-5-8(12-3)10(11-2)9(6-7)13-4/h5-6,11H,1-4H3. The van der Waals surface area contributed by atoms with E-state index in [9.17, 15) is 0 Å². The average molecular weight is 181 g/mol. The summed E-state index contributed by atoms with van der Waals surface area (Å²) in [5, 5.41) is 3.04. The minimum absolute atomic E-state index is 0.805. The summed E-state index contributed by atoms with van der Waals surface area (Å²) in [5.41, 5.74) is 2.00. The van der Waals surface area contributed by atoms with Crippen molar-refractivity contribution in [1.29, 1.82) is 0 Å². The number of hydrogen-bond donors (Lipinski definition) is 1. The molecule has 1 aromatic carbocycles. The van der Waals surface area contributed by atoms with Gasteiger partial charge in [0.15, 0.2) is 0 Å². The molecule has 0 unspecified atom stereocenters. The van der Waals surface area contributed by atoms with E-state index in [1.165, 1.54) is 0 Å². The van der Waals surface area contributed by atoms with Gasteiger partial charge in [-0.25, -0.2) is 0 Å². The van der Waals surface area contributed by atoms with E-state index >= 15 is 0 Å². The zero-order valence-corrected chi connectivity index (χ0v) is 8.47. The van der Waals surface area contributed by atoms with Gasteiger partial charge in [-0.1, -0.05) is 0 Å². The van der Waals surface area contributed by atoms with Crippen LogP contribution in [0.1, 0.15) is 5.56 Å². The minimum atomic E-state index is 0.805. The Morgan fingerprint density at radius 2 is 1.54 bits per heavy atom. The summed E-state index contributed by atoms with van der Waals surface area (Å²) in [6, 6.07) is 3.93. The van der Waals surface area contributed by atoms with Gasteiger partial charge in [-0.05, 0) is 24.6 Å². The molecule has 0 aliphatic rings. The van der Waals surface area contributed by atoms with Gasteiger partial charge in [0.05, 0.1) is 14.2 Å². The van der Waals surface area contributed by atoms with Gasteiger partial charge in [0.25, 0.3) is 0 Å². The Bertz CT molecular complexity index is 272. The molecule has 3 nitrogen and oxygen atoms in total. The summed E-state index contributed by atoms with van der Waals surface area (Å²) in [7, 11) is 5.14. The van der Waals surface area contributed by atoms with E-state index in [4.69, 9.17) is 9.47 Å². The van der Waals surface area contributed by atoms with Crippen LogP contribution in [0.4, 0.5) is 5.69 Å². The normalized spacial score (nSPS) is 9.54. The van der Waals surface area contributed by atoms with E-state index in [1.54, 1.807) is 14.2 Å². The monoisotopic (exact) mass is 181 g/mol. The second kappa shape index (κ2) is 4.03. The highest BCUT2D eigenvalue weighted by molar-refractivity contribution is 5.67. The Balaban J connectivity index is 3.25. The number of ether oxygens (including phenoxy) is 2. The molecule has 72 valence electrons. The maximum atomic E-state index is 5.22. The lowest BCUT2D eigenvalue weighted by Crippen LogP contribution is -1.98. The Morgan fingerprint density at radius 3 is 1.85 bits per heavy atom. The third kappa shape index (κ3) is 1.86. The molecule has 1 N–H and O–H groups in total. The van der Waals surface area contributed by atoms with Crippen LogP contribution in [0.25, 0.3) is 0 Å². The molecule has 1 rings (SSSR count). The van der Waals surface area contributed by atoms with E-state index in [1.807, 2.05) is 26.1 Å². The van der Waals surface area contributed by atoms with Crippen molar-refractivity contribution in [3.63, 3.8) is 0 Å². The van der Waals surface area contributed by atoms with E-state index in [2.05, 4.69) is 5.32 Å². The van der Waals surface area contributed by atoms with Gasteiger partial charge in [0.2, 0.25) is 0 Å². The van der Waals surface area contributed by atoms with Crippen molar-refractivity contribution in [1.82, 2.24) is 0 Å². The Morgan fingerprint density at radius 1 is 1.08 bits per heavy atom. The van der Waals surface area contributed by atoms with Crippen molar-refractivity contribution in [2.75, 3.05) is 26.6 Å². The molecule has 0 aromatic heterocycles. The van der Waals surface area contributed by atoms with Crippen LogP contribution in [0.3, 0.4) is 0 Å². The predicted molar refractivity (Wildman–Crippen MR) is 53.8 cm³/mol. The molecule has 0 aliphatic heterocycles. The fourth-order valence-corrected chi connectivity index (χ4v) is 1.29. The van der Waals surface area contributed by atoms with Gasteiger partial charge in [0.1, 0.15) is 17.2 Å². The number of benzene rings is 1. The molecule has 1 aromatic rings. The molecule has 0 atom stereocenters. The van der Waals surface area contributed by atoms with Crippen molar-refractivity contribution in [3.8, 4) is 11.5 Å². The molecular weight excluding hydrogens is 166 g/mol. The molecule has 0 bridgehead atoms. The minimum Gasteiger partial charge on any atom is -0.494 e. The summed E-state index contributed by atoms with van der Waals surface area (Å²) in [4.78, 5) is 0. The lowest BCUT2D eigenvalue weighted by atomic mass is 10.2. The van der Waals surface area contributed by atoms with Crippen LogP contribution >= 0.6 is 0 Å². The molecule has 0 spiro atoms. The van der Waals surface area contributed by atoms with Crippen LogP contribution in [0.5, 0.6) is 11.5 Å². The molecule has 13 heavy (non-hydrogen) atoms. The summed E-state index contributed by atoms with van der Waals surface area (Å²) in [6.07, 6.45) is 0. The molecule has 0 amide bonds. The van der Waals surface area contributed by atoms with Crippen LogP contribution in [0.15, 0.2) is 12.1 Å². The lowest BCUT2D eigenvalue weighted by Gasteiger charge is -2.13. The van der Waals surface area contributed by atoms with E-state index in [0.717, 1.165) is 22.7 Å². The third-order valence-corrected chi connectivity index (χ3v) is 1.90. The zero-order chi connectivity index (χ0) is 9.84. The molecule has 0 saturated heterocycles. The Kier molecular flexibility index (Phi) is 3.01. The van der Waals surface area contributed by atoms with Crippen LogP contribution in [-0.2, 0) is 0 Å². The molecule has 0 fully saturated rings. The number of hydrogen-bond acceptors (Lipinski definition) is 3. The Hall–Kier alpha value is -1.38. The molecule has 0 aliphatic carbocycles. The zero-order valence-electron chi connectivity index (χ0n) is 8.47. The molecular formula is C10H15NO2. The summed E-state index contributed by atoms with van der Waals surface area (Å²) in [6.45, 7) is 2.00. The van der Waals surface area contributed by atoms with Crippen molar-refractivity contribution < 1.29 is 9.47 Å². The van der Waals surface area contributed by atoms with Gasteiger partial charge in [-0.2, -0.15) is 0 Å². The Labute approximate surface area is 78.7 Å². The highest BCUT2D eigenvalue weighted by atomic mass is 16.5. The van der Waals surface area contributed by atoms with Crippen molar-refractivity contribution >= 4 is 5.69 Å². The van der Waals surface area contributed by atoms with E-state index < -0.39 is 0 Å². The quantitative estimate of drug-likeness (QED) is 0.774. The largest absolute Gasteiger partial charge is 0.494 e. The molecule has 0 radical (unpaired) electrons. The number of nitrogens with one attached hydrogen (secondary N) is 1. The predicted octanol–water partition coefficient (Wildman–Crippen LogP) is 2.05. The first-order valence-corrected chi connectivity index (χ1v) is 4.13. The second-order valence-corrected chi connectivity index (χ2v) is 2.79. The maximum absolute atomic E-state index is 5.22. The van der Waals surface area contributed by atoms with Crippen molar-refractivity contribution in [2.45, 2.75) is 6.92 Å². The average Bonchev–Trinajstić information content (AvgIpc) is 2.16. The van der Waals surface area contributed by atoms with Gasteiger partial charge < -0.3 is 14.8 Å². The van der Waals surface area contributed by atoms with Crippen LogP contribution in [0, 0.1) is 6.92 Å². The first-order valence-electron chi connectivity index (χ1n) is 4.13. The molecule has 3 heteroatoms. The number of anilines is 1. The van der Waals surface area contributed by atoms with Crippen molar-refractivity contribution in [2.24, 2.45) is 0 Å². The number of methoxy groups -OCH3 is 2. The van der Waals surface area contributed by atoms with Crippen molar-refractivity contribution in [3.05, 3.63) is 17.7 Å². The lowest BCUT2D eigenvalue weighted by molar-refractivity contribution is 0.397. The number of aryl methyl sites for hydroxylation is 1. The fourth-order valence-electron chi connectivity index (χ4n) is 1.29. The van der Waals surface area contributed by atoms with E-state index in [0.29, 0.717) is 0 Å². The van der Waals surface area contributed by atoms with Gasteiger partial charge in [-0.3, -0.25) is 0 Å². The highest BCUT2D eigenvalue weighted by Gasteiger charge is 2.08.